The Morgan fingerprint density at radius 1 is 1.36 bits per heavy atom. The van der Waals surface area contributed by atoms with E-state index in [0.717, 1.165) is 5.56 Å². The number of methoxy groups -OCH3 is 1. The van der Waals surface area contributed by atoms with E-state index in [9.17, 15) is 13.2 Å². The summed E-state index contributed by atoms with van der Waals surface area (Å²) in [6.07, 6.45) is 1.27. The average Bonchev–Trinajstić information content (AvgIpc) is 3.02. The molecule has 1 atom stereocenters. The third-order valence-electron chi connectivity index (χ3n) is 3.72. The molecule has 1 saturated heterocycles. The van der Waals surface area contributed by atoms with Crippen molar-refractivity contribution in [3.05, 3.63) is 35.9 Å². The zero-order valence-electron chi connectivity index (χ0n) is 12.7. The summed E-state index contributed by atoms with van der Waals surface area (Å²) in [7, 11) is -1.99. The Kier molecular flexibility index (Phi) is 5.93. The van der Waals surface area contributed by atoms with Gasteiger partial charge in [0.2, 0.25) is 15.9 Å². The number of hydrogen-bond acceptors (Lipinski definition) is 4. The summed E-state index contributed by atoms with van der Waals surface area (Å²) in [6.45, 7) is 0.939. The number of nitrogens with one attached hydrogen (secondary N) is 1. The summed E-state index contributed by atoms with van der Waals surface area (Å²) in [5.41, 5.74) is 0.989. The number of carbonyl (C=O) groups excluding carboxylic acids is 1. The topological polar surface area (TPSA) is 75.7 Å². The Hall–Kier alpha value is -1.44. The molecule has 6 nitrogen and oxygen atoms in total. The van der Waals surface area contributed by atoms with Crippen molar-refractivity contribution in [2.75, 3.05) is 26.0 Å². The Balaban J connectivity index is 1.96. The van der Waals surface area contributed by atoms with E-state index in [1.807, 2.05) is 30.3 Å². The number of rotatable bonds is 7. The van der Waals surface area contributed by atoms with Crippen LogP contribution >= 0.6 is 0 Å². The third-order valence-corrected chi connectivity index (χ3v) is 5.55. The highest BCUT2D eigenvalue weighted by atomic mass is 32.2. The van der Waals surface area contributed by atoms with Gasteiger partial charge in [-0.3, -0.25) is 4.79 Å². The SMILES string of the molecule is COCCS(=O)(=O)N1CCC[C@H]1C(=O)NCc1ccccc1. The molecule has 7 heteroatoms. The van der Waals surface area contributed by atoms with Gasteiger partial charge in [-0.05, 0) is 18.4 Å². The van der Waals surface area contributed by atoms with Gasteiger partial charge in [-0.15, -0.1) is 0 Å². The second kappa shape index (κ2) is 7.71. The quantitative estimate of drug-likeness (QED) is 0.802. The van der Waals surface area contributed by atoms with Crippen LogP contribution in [-0.4, -0.2) is 50.7 Å². The van der Waals surface area contributed by atoms with Crippen molar-refractivity contribution in [2.24, 2.45) is 0 Å². The molecule has 1 fully saturated rings. The Morgan fingerprint density at radius 2 is 2.09 bits per heavy atom. The maximum absolute atomic E-state index is 12.3. The molecule has 0 unspecified atom stereocenters. The zero-order valence-corrected chi connectivity index (χ0v) is 13.5. The molecule has 1 aromatic rings. The van der Waals surface area contributed by atoms with E-state index in [-0.39, 0.29) is 18.3 Å². The van der Waals surface area contributed by atoms with Crippen LogP contribution in [0.15, 0.2) is 30.3 Å². The second-order valence-corrected chi connectivity index (χ2v) is 7.32. The summed E-state index contributed by atoms with van der Waals surface area (Å²) >= 11 is 0. The highest BCUT2D eigenvalue weighted by Gasteiger charge is 2.38. The molecule has 0 bridgehead atoms. The van der Waals surface area contributed by atoms with Gasteiger partial charge < -0.3 is 10.1 Å². The predicted molar refractivity (Wildman–Crippen MR) is 83.7 cm³/mol. The van der Waals surface area contributed by atoms with Gasteiger partial charge in [0.15, 0.2) is 0 Å². The minimum atomic E-state index is -3.45. The monoisotopic (exact) mass is 326 g/mol. The van der Waals surface area contributed by atoms with Crippen molar-refractivity contribution in [2.45, 2.75) is 25.4 Å². The van der Waals surface area contributed by atoms with Crippen molar-refractivity contribution in [1.82, 2.24) is 9.62 Å². The number of carbonyl (C=O) groups is 1. The highest BCUT2D eigenvalue weighted by Crippen LogP contribution is 2.21. The normalized spacial score (nSPS) is 19.2. The van der Waals surface area contributed by atoms with E-state index >= 15 is 0 Å². The van der Waals surface area contributed by atoms with Crippen LogP contribution in [0, 0.1) is 0 Å². The lowest BCUT2D eigenvalue weighted by molar-refractivity contribution is -0.124. The molecule has 122 valence electrons. The van der Waals surface area contributed by atoms with Gasteiger partial charge in [0.1, 0.15) is 6.04 Å². The van der Waals surface area contributed by atoms with Crippen LogP contribution < -0.4 is 5.32 Å². The first-order chi connectivity index (χ1) is 10.5. The Labute approximate surface area is 131 Å². The summed E-state index contributed by atoms with van der Waals surface area (Å²) in [5.74, 6) is -0.325. The van der Waals surface area contributed by atoms with Gasteiger partial charge in [-0.1, -0.05) is 30.3 Å². The summed E-state index contributed by atoms with van der Waals surface area (Å²) in [5, 5.41) is 2.82. The first kappa shape index (κ1) is 16.9. The molecule has 0 radical (unpaired) electrons. The first-order valence-electron chi connectivity index (χ1n) is 7.34. The summed E-state index contributed by atoms with van der Waals surface area (Å²) in [4.78, 5) is 12.3. The third kappa shape index (κ3) is 4.28. The number of nitrogens with zero attached hydrogens (tertiary/aromatic N) is 1. The minimum absolute atomic E-state index is 0.0913. The molecule has 1 aliphatic rings. The first-order valence-corrected chi connectivity index (χ1v) is 8.95. The van der Waals surface area contributed by atoms with Crippen LogP contribution in [0.5, 0.6) is 0 Å². The number of ether oxygens (including phenoxy) is 1. The second-order valence-electron chi connectivity index (χ2n) is 5.28. The van der Waals surface area contributed by atoms with E-state index in [4.69, 9.17) is 4.74 Å². The fourth-order valence-corrected chi connectivity index (χ4v) is 4.15. The van der Waals surface area contributed by atoms with Gasteiger partial charge in [0.05, 0.1) is 12.4 Å². The molecule has 1 aliphatic heterocycles. The van der Waals surface area contributed by atoms with E-state index in [1.165, 1.54) is 11.4 Å². The molecule has 1 heterocycles. The smallest absolute Gasteiger partial charge is 0.238 e. The molecule has 1 amide bonds. The van der Waals surface area contributed by atoms with Crippen molar-refractivity contribution in [3.63, 3.8) is 0 Å². The molecular weight excluding hydrogens is 304 g/mol. The van der Waals surface area contributed by atoms with E-state index in [1.54, 1.807) is 0 Å². The minimum Gasteiger partial charge on any atom is -0.384 e. The lowest BCUT2D eigenvalue weighted by atomic mass is 10.2. The van der Waals surface area contributed by atoms with E-state index < -0.39 is 16.1 Å². The van der Waals surface area contributed by atoms with Crippen molar-refractivity contribution < 1.29 is 17.9 Å². The summed E-state index contributed by atoms with van der Waals surface area (Å²) < 4.78 is 30.6. The molecule has 0 aliphatic carbocycles. The summed E-state index contributed by atoms with van der Waals surface area (Å²) in [6, 6.07) is 8.94. The maximum atomic E-state index is 12.3. The van der Waals surface area contributed by atoms with Gasteiger partial charge in [-0.25, -0.2) is 8.42 Å². The number of sulfonamides is 1. The average molecular weight is 326 g/mol. The van der Waals surface area contributed by atoms with Crippen LogP contribution in [0.3, 0.4) is 0 Å². The predicted octanol–water partition coefficient (Wildman–Crippen LogP) is 0.743. The highest BCUT2D eigenvalue weighted by molar-refractivity contribution is 7.89. The van der Waals surface area contributed by atoms with Crippen molar-refractivity contribution in [3.8, 4) is 0 Å². The largest absolute Gasteiger partial charge is 0.384 e. The number of hydrogen-bond donors (Lipinski definition) is 1. The number of amides is 1. The standard InChI is InChI=1S/C15H22N2O4S/c1-21-10-11-22(19,20)17-9-5-8-14(17)15(18)16-12-13-6-3-2-4-7-13/h2-4,6-7,14H,5,8-12H2,1H3,(H,16,18)/t14-/m0/s1. The fourth-order valence-electron chi connectivity index (χ4n) is 2.54. The van der Waals surface area contributed by atoms with Crippen LogP contribution in [0.25, 0.3) is 0 Å². The fraction of sp³-hybridized carbons (Fsp3) is 0.533. The lowest BCUT2D eigenvalue weighted by Gasteiger charge is -2.23. The van der Waals surface area contributed by atoms with Crippen molar-refractivity contribution >= 4 is 15.9 Å². The van der Waals surface area contributed by atoms with Crippen LogP contribution in [0.4, 0.5) is 0 Å². The molecule has 0 aromatic heterocycles. The number of benzene rings is 1. The van der Waals surface area contributed by atoms with E-state index in [2.05, 4.69) is 5.32 Å². The molecule has 1 aromatic carbocycles. The Bertz CT molecular complexity index is 589. The Morgan fingerprint density at radius 3 is 2.77 bits per heavy atom. The molecule has 0 spiro atoms. The molecule has 2 rings (SSSR count). The molecule has 22 heavy (non-hydrogen) atoms. The van der Waals surface area contributed by atoms with E-state index in [0.29, 0.717) is 25.9 Å². The molecule has 1 N–H and O–H groups in total. The van der Waals surface area contributed by atoms with Gasteiger partial charge in [0, 0.05) is 20.2 Å². The van der Waals surface area contributed by atoms with Gasteiger partial charge in [-0.2, -0.15) is 4.31 Å². The van der Waals surface area contributed by atoms with Crippen LogP contribution in [0.1, 0.15) is 18.4 Å². The zero-order chi connectivity index (χ0) is 16.0. The van der Waals surface area contributed by atoms with Crippen molar-refractivity contribution in [1.29, 1.82) is 0 Å². The van der Waals surface area contributed by atoms with Crippen LogP contribution in [0.2, 0.25) is 0 Å². The molecule has 0 saturated carbocycles. The van der Waals surface area contributed by atoms with Crippen LogP contribution in [-0.2, 0) is 26.1 Å². The molecular formula is C15H22N2O4S. The van der Waals surface area contributed by atoms with Gasteiger partial charge >= 0.3 is 0 Å². The maximum Gasteiger partial charge on any atom is 0.238 e. The lowest BCUT2D eigenvalue weighted by Crippen LogP contribution is -2.46. The van der Waals surface area contributed by atoms with Gasteiger partial charge in [0.25, 0.3) is 0 Å².